The van der Waals surface area contributed by atoms with E-state index in [1.807, 2.05) is 0 Å². The summed E-state index contributed by atoms with van der Waals surface area (Å²) in [6.07, 6.45) is 1.85. The number of alkyl halides is 1. The third kappa shape index (κ3) is 5.16. The lowest BCUT2D eigenvalue weighted by atomic mass is 10.2. The van der Waals surface area contributed by atoms with E-state index < -0.39 is 0 Å². The Balaban J connectivity index is 2.65. The van der Waals surface area contributed by atoms with Crippen molar-refractivity contribution in [2.45, 2.75) is 19.3 Å². The first-order valence-electron chi connectivity index (χ1n) is 4.95. The summed E-state index contributed by atoms with van der Waals surface area (Å²) in [5.74, 6) is 0.599. The first-order valence-corrected chi connectivity index (χ1v) is 7.45. The summed E-state index contributed by atoms with van der Waals surface area (Å²) >= 11 is 18.1. The van der Waals surface area contributed by atoms with Crippen molar-refractivity contribution < 1.29 is 9.53 Å². The van der Waals surface area contributed by atoms with E-state index in [9.17, 15) is 4.79 Å². The standard InChI is InChI=1S/C11H10Br2Cl2O2/c12-7-5-8(13)11(9(15)6-7)17-10(16)3-1-2-4-14/h5-6H,1-4H2. The Kier molecular flexibility index (Phi) is 6.85. The second-order valence-electron chi connectivity index (χ2n) is 3.32. The molecule has 2 nitrogen and oxygen atoms in total. The normalized spacial score (nSPS) is 10.4. The van der Waals surface area contributed by atoms with Gasteiger partial charge in [-0.2, -0.15) is 0 Å². The monoisotopic (exact) mass is 402 g/mol. The highest BCUT2D eigenvalue weighted by atomic mass is 79.9. The van der Waals surface area contributed by atoms with E-state index >= 15 is 0 Å². The van der Waals surface area contributed by atoms with Gasteiger partial charge in [0.15, 0.2) is 5.75 Å². The van der Waals surface area contributed by atoms with Crippen LogP contribution >= 0.6 is 55.1 Å². The molecular formula is C11H10Br2Cl2O2. The zero-order valence-corrected chi connectivity index (χ0v) is 13.5. The van der Waals surface area contributed by atoms with Crippen LogP contribution in [0.1, 0.15) is 19.3 Å². The van der Waals surface area contributed by atoms with Crippen LogP contribution in [0.3, 0.4) is 0 Å². The molecule has 0 radical (unpaired) electrons. The van der Waals surface area contributed by atoms with Crippen LogP contribution in [0.5, 0.6) is 5.75 Å². The number of halogens is 4. The number of benzene rings is 1. The van der Waals surface area contributed by atoms with Crippen molar-refractivity contribution in [2.24, 2.45) is 0 Å². The van der Waals surface area contributed by atoms with E-state index in [0.29, 0.717) is 34.0 Å². The largest absolute Gasteiger partial charge is 0.424 e. The Morgan fingerprint density at radius 1 is 1.29 bits per heavy atom. The fourth-order valence-corrected chi connectivity index (χ4v) is 3.15. The van der Waals surface area contributed by atoms with Crippen molar-refractivity contribution in [2.75, 3.05) is 5.88 Å². The minimum atomic E-state index is -0.306. The molecule has 0 aliphatic carbocycles. The van der Waals surface area contributed by atoms with Crippen LogP contribution in [0.25, 0.3) is 0 Å². The molecule has 0 aliphatic heterocycles. The Labute approximate surface area is 127 Å². The minimum Gasteiger partial charge on any atom is -0.424 e. The first kappa shape index (κ1) is 15.3. The summed E-state index contributed by atoms with van der Waals surface area (Å²) in [7, 11) is 0. The number of hydrogen-bond donors (Lipinski definition) is 0. The van der Waals surface area contributed by atoms with Gasteiger partial charge < -0.3 is 4.74 Å². The van der Waals surface area contributed by atoms with E-state index in [-0.39, 0.29) is 5.97 Å². The van der Waals surface area contributed by atoms with Crippen molar-refractivity contribution in [3.63, 3.8) is 0 Å². The van der Waals surface area contributed by atoms with Crippen LogP contribution in [-0.4, -0.2) is 11.8 Å². The van der Waals surface area contributed by atoms with E-state index in [1.54, 1.807) is 12.1 Å². The van der Waals surface area contributed by atoms with Gasteiger partial charge in [-0.15, -0.1) is 11.6 Å². The highest BCUT2D eigenvalue weighted by Crippen LogP contribution is 2.36. The Morgan fingerprint density at radius 3 is 2.59 bits per heavy atom. The fraction of sp³-hybridized carbons (Fsp3) is 0.364. The second-order valence-corrected chi connectivity index (χ2v) is 5.87. The molecule has 0 spiro atoms. The Hall–Kier alpha value is 0.230. The van der Waals surface area contributed by atoms with Crippen molar-refractivity contribution in [1.29, 1.82) is 0 Å². The molecule has 0 aliphatic rings. The third-order valence-electron chi connectivity index (χ3n) is 1.94. The number of esters is 1. The van der Waals surface area contributed by atoms with Gasteiger partial charge >= 0.3 is 5.97 Å². The molecule has 6 heteroatoms. The summed E-state index contributed by atoms with van der Waals surface area (Å²) in [6.45, 7) is 0. The molecule has 0 fully saturated rings. The van der Waals surface area contributed by atoms with E-state index in [4.69, 9.17) is 27.9 Å². The van der Waals surface area contributed by atoms with Gasteiger partial charge in [0.05, 0.1) is 9.50 Å². The maximum Gasteiger partial charge on any atom is 0.311 e. The lowest BCUT2D eigenvalue weighted by molar-refractivity contribution is -0.134. The van der Waals surface area contributed by atoms with Gasteiger partial charge in [0.25, 0.3) is 0 Å². The highest BCUT2D eigenvalue weighted by Gasteiger charge is 2.12. The topological polar surface area (TPSA) is 26.3 Å². The maximum atomic E-state index is 11.5. The molecule has 0 heterocycles. The van der Waals surface area contributed by atoms with Gasteiger partial charge in [-0.05, 0) is 40.9 Å². The molecule has 1 rings (SSSR count). The zero-order chi connectivity index (χ0) is 12.8. The number of hydrogen-bond acceptors (Lipinski definition) is 2. The van der Waals surface area contributed by atoms with Gasteiger partial charge in [-0.3, -0.25) is 4.79 Å². The predicted octanol–water partition coefficient (Wildman–Crippen LogP) is 5.18. The number of carbonyl (C=O) groups is 1. The molecule has 0 saturated heterocycles. The average molecular weight is 405 g/mol. The van der Waals surface area contributed by atoms with Crippen molar-refractivity contribution >= 4 is 61.0 Å². The Bertz CT molecular complexity index is 387. The quantitative estimate of drug-likeness (QED) is 0.292. The fourth-order valence-electron chi connectivity index (χ4n) is 1.16. The molecule has 0 atom stereocenters. The van der Waals surface area contributed by atoms with Gasteiger partial charge in [0.1, 0.15) is 0 Å². The van der Waals surface area contributed by atoms with Crippen LogP contribution in [0.4, 0.5) is 0 Å². The molecule has 0 amide bonds. The molecule has 0 unspecified atom stereocenters. The summed E-state index contributed by atoms with van der Waals surface area (Å²) < 4.78 is 6.65. The molecular weight excluding hydrogens is 395 g/mol. The number of unbranched alkanes of at least 4 members (excludes halogenated alkanes) is 1. The molecule has 0 bridgehead atoms. The summed E-state index contributed by atoms with van der Waals surface area (Å²) in [4.78, 5) is 11.5. The van der Waals surface area contributed by atoms with Crippen LogP contribution < -0.4 is 4.74 Å². The molecule has 0 N–H and O–H groups in total. The first-order chi connectivity index (χ1) is 8.04. The highest BCUT2D eigenvalue weighted by molar-refractivity contribution is 9.11. The summed E-state index contributed by atoms with van der Waals surface area (Å²) in [6, 6.07) is 3.45. The van der Waals surface area contributed by atoms with E-state index in [1.165, 1.54) is 0 Å². The molecule has 94 valence electrons. The lowest BCUT2D eigenvalue weighted by Gasteiger charge is -2.08. The average Bonchev–Trinajstić information content (AvgIpc) is 2.24. The van der Waals surface area contributed by atoms with Gasteiger partial charge in [-0.25, -0.2) is 0 Å². The van der Waals surface area contributed by atoms with Crippen LogP contribution in [0.2, 0.25) is 5.02 Å². The zero-order valence-electron chi connectivity index (χ0n) is 8.81. The van der Waals surface area contributed by atoms with E-state index in [2.05, 4.69) is 31.9 Å². The number of ether oxygens (including phenoxy) is 1. The van der Waals surface area contributed by atoms with Gasteiger partial charge in [-0.1, -0.05) is 27.5 Å². The van der Waals surface area contributed by atoms with Crippen LogP contribution in [-0.2, 0) is 4.79 Å². The van der Waals surface area contributed by atoms with Gasteiger partial charge in [0, 0.05) is 16.8 Å². The summed E-state index contributed by atoms with van der Waals surface area (Å²) in [5, 5.41) is 0.386. The summed E-state index contributed by atoms with van der Waals surface area (Å²) in [5.41, 5.74) is 0. The Morgan fingerprint density at radius 2 is 2.00 bits per heavy atom. The minimum absolute atomic E-state index is 0.306. The van der Waals surface area contributed by atoms with Crippen LogP contribution in [0, 0.1) is 0 Å². The molecule has 0 saturated carbocycles. The maximum absolute atomic E-state index is 11.5. The SMILES string of the molecule is O=C(CCCCCl)Oc1c(Cl)cc(Br)cc1Br. The smallest absolute Gasteiger partial charge is 0.311 e. The third-order valence-corrected chi connectivity index (χ3v) is 3.54. The van der Waals surface area contributed by atoms with Gasteiger partial charge in [0.2, 0.25) is 0 Å². The lowest BCUT2D eigenvalue weighted by Crippen LogP contribution is -2.08. The van der Waals surface area contributed by atoms with Crippen molar-refractivity contribution in [3.8, 4) is 5.75 Å². The number of rotatable bonds is 5. The molecule has 0 aromatic heterocycles. The number of carbonyl (C=O) groups excluding carboxylic acids is 1. The molecule has 17 heavy (non-hydrogen) atoms. The molecule has 1 aromatic carbocycles. The van der Waals surface area contributed by atoms with Crippen molar-refractivity contribution in [1.82, 2.24) is 0 Å². The second kappa shape index (κ2) is 7.62. The van der Waals surface area contributed by atoms with Crippen molar-refractivity contribution in [3.05, 3.63) is 26.1 Å². The molecule has 1 aromatic rings. The van der Waals surface area contributed by atoms with Crippen LogP contribution in [0.15, 0.2) is 21.1 Å². The predicted molar refractivity (Wildman–Crippen MR) is 77.1 cm³/mol. The van der Waals surface area contributed by atoms with E-state index in [0.717, 1.165) is 10.9 Å².